The molecule has 3 fully saturated rings. The molecule has 3 saturated heterocycles. The summed E-state index contributed by atoms with van der Waals surface area (Å²) in [6.07, 6.45) is -0.0838. The maximum Gasteiger partial charge on any atom is 0.408 e. The molecule has 4 amide bonds. The summed E-state index contributed by atoms with van der Waals surface area (Å²) < 4.78 is 4.51. The van der Waals surface area contributed by atoms with Crippen LogP contribution in [0.3, 0.4) is 0 Å². The van der Waals surface area contributed by atoms with E-state index in [0.717, 1.165) is 11.5 Å². The average molecular weight is 486 g/mol. The lowest BCUT2D eigenvalue weighted by Crippen LogP contribution is -2.57. The molecular weight excluding hydrogens is 450 g/mol. The molecule has 0 radical (unpaired) electrons. The maximum absolute atomic E-state index is 13.7. The molecule has 0 bridgehead atoms. The van der Waals surface area contributed by atoms with Crippen molar-refractivity contribution in [2.75, 3.05) is 18.1 Å². The number of likely N-dealkylation sites (tertiary alicyclic amines) is 2. The van der Waals surface area contributed by atoms with Crippen LogP contribution in [0.1, 0.15) is 54.9 Å². The van der Waals surface area contributed by atoms with Gasteiger partial charge in [0.15, 0.2) is 4.08 Å². The first-order valence-corrected chi connectivity index (χ1v) is 13.2. The third-order valence-corrected chi connectivity index (χ3v) is 9.41. The molecule has 3 aliphatic heterocycles. The van der Waals surface area contributed by atoms with Crippen LogP contribution in [0.15, 0.2) is 0 Å². The zero-order chi connectivity index (χ0) is 24.0. The molecule has 0 saturated carbocycles. The Morgan fingerprint density at radius 3 is 2.19 bits per heavy atom. The number of fused-ring (bicyclic) bond motifs is 2. The van der Waals surface area contributed by atoms with Crippen molar-refractivity contribution in [3.8, 4) is 0 Å². The second kappa shape index (κ2) is 9.08. The van der Waals surface area contributed by atoms with Gasteiger partial charge in [-0.15, -0.1) is 23.5 Å². The monoisotopic (exact) mass is 485 g/mol. The highest BCUT2D eigenvalue weighted by Gasteiger charge is 2.67. The molecule has 0 unspecified atom stereocenters. The number of nitrogens with zero attached hydrogens (tertiary/aromatic N) is 2. The van der Waals surface area contributed by atoms with Crippen LogP contribution in [0.2, 0.25) is 0 Å². The van der Waals surface area contributed by atoms with Gasteiger partial charge in [-0.05, 0) is 33.1 Å². The number of hydrogen-bond acceptors (Lipinski definition) is 7. The van der Waals surface area contributed by atoms with E-state index in [1.54, 1.807) is 63.0 Å². The first-order chi connectivity index (χ1) is 14.8. The van der Waals surface area contributed by atoms with E-state index >= 15 is 0 Å². The Bertz CT molecular complexity index is 789. The SMILES string of the molecule is CC(C)C(=O)N1C(=O)C2(SCCS2)[C@@H]2[C@@H]1CCN2C(=O)[C@@H](NC(=O)OC(C)(C)C)C(C)C. The van der Waals surface area contributed by atoms with Crippen LogP contribution in [-0.2, 0) is 19.1 Å². The Kier molecular flexibility index (Phi) is 7.15. The van der Waals surface area contributed by atoms with Crippen molar-refractivity contribution in [2.45, 2.75) is 82.7 Å². The van der Waals surface area contributed by atoms with E-state index in [1.807, 2.05) is 13.8 Å². The molecule has 3 aliphatic rings. The van der Waals surface area contributed by atoms with Crippen LogP contribution < -0.4 is 5.32 Å². The largest absolute Gasteiger partial charge is 0.444 e. The Balaban J connectivity index is 1.89. The Hall–Kier alpha value is -1.42. The second-order valence-corrected chi connectivity index (χ2v) is 13.2. The maximum atomic E-state index is 13.7. The van der Waals surface area contributed by atoms with Gasteiger partial charge in [0.05, 0.1) is 12.1 Å². The van der Waals surface area contributed by atoms with Crippen molar-refractivity contribution in [3.63, 3.8) is 0 Å². The molecule has 0 aromatic rings. The highest BCUT2D eigenvalue weighted by molar-refractivity contribution is 8.22. The van der Waals surface area contributed by atoms with Crippen LogP contribution in [0, 0.1) is 11.8 Å². The number of ether oxygens (including phenoxy) is 1. The number of carbonyl (C=O) groups excluding carboxylic acids is 4. The third-order valence-electron chi connectivity index (χ3n) is 5.94. The first kappa shape index (κ1) is 25.2. The fraction of sp³-hybridized carbons (Fsp3) is 0.818. The number of rotatable bonds is 4. The van der Waals surface area contributed by atoms with Crippen molar-refractivity contribution >= 4 is 47.3 Å². The van der Waals surface area contributed by atoms with Crippen molar-refractivity contribution in [1.82, 2.24) is 15.1 Å². The van der Waals surface area contributed by atoms with Gasteiger partial charge in [-0.3, -0.25) is 19.3 Å². The molecule has 0 aromatic carbocycles. The van der Waals surface area contributed by atoms with Crippen molar-refractivity contribution in [3.05, 3.63) is 0 Å². The fourth-order valence-electron chi connectivity index (χ4n) is 4.59. The van der Waals surface area contributed by atoms with Gasteiger partial charge in [-0.25, -0.2) is 4.79 Å². The van der Waals surface area contributed by atoms with E-state index in [0.29, 0.717) is 13.0 Å². The van der Waals surface area contributed by atoms with E-state index in [1.165, 1.54) is 4.90 Å². The molecule has 3 heterocycles. The van der Waals surface area contributed by atoms with Crippen LogP contribution in [0.4, 0.5) is 4.79 Å². The molecule has 1 N–H and O–H groups in total. The zero-order valence-electron chi connectivity index (χ0n) is 20.0. The second-order valence-electron chi connectivity index (χ2n) is 10.2. The van der Waals surface area contributed by atoms with Crippen LogP contribution in [0.25, 0.3) is 0 Å². The molecule has 3 rings (SSSR count). The molecule has 10 heteroatoms. The molecule has 1 spiro atoms. The van der Waals surface area contributed by atoms with Crippen LogP contribution in [-0.4, -0.2) is 79.5 Å². The summed E-state index contributed by atoms with van der Waals surface area (Å²) >= 11 is 3.09. The smallest absolute Gasteiger partial charge is 0.408 e. The van der Waals surface area contributed by atoms with Gasteiger partial charge in [0.1, 0.15) is 11.6 Å². The van der Waals surface area contributed by atoms with Crippen molar-refractivity contribution < 1.29 is 23.9 Å². The summed E-state index contributed by atoms with van der Waals surface area (Å²) in [4.78, 5) is 55.8. The van der Waals surface area contributed by atoms with E-state index in [2.05, 4.69) is 5.32 Å². The summed E-state index contributed by atoms with van der Waals surface area (Å²) in [7, 11) is 0. The number of amides is 4. The van der Waals surface area contributed by atoms with Crippen LogP contribution in [0.5, 0.6) is 0 Å². The van der Waals surface area contributed by atoms with Gasteiger partial charge >= 0.3 is 6.09 Å². The van der Waals surface area contributed by atoms with Gasteiger partial charge in [0.2, 0.25) is 11.8 Å². The topological polar surface area (TPSA) is 96.0 Å². The van der Waals surface area contributed by atoms with E-state index in [4.69, 9.17) is 4.74 Å². The molecule has 8 nitrogen and oxygen atoms in total. The Morgan fingerprint density at radius 1 is 1.09 bits per heavy atom. The molecule has 32 heavy (non-hydrogen) atoms. The van der Waals surface area contributed by atoms with Crippen molar-refractivity contribution in [2.24, 2.45) is 11.8 Å². The lowest BCUT2D eigenvalue weighted by atomic mass is 10.0. The molecule has 0 aliphatic carbocycles. The predicted molar refractivity (Wildman–Crippen MR) is 126 cm³/mol. The normalized spacial score (nSPS) is 25.6. The Labute approximate surface area is 198 Å². The Morgan fingerprint density at radius 2 is 1.69 bits per heavy atom. The van der Waals surface area contributed by atoms with Crippen molar-refractivity contribution in [1.29, 1.82) is 0 Å². The minimum Gasteiger partial charge on any atom is -0.444 e. The van der Waals surface area contributed by atoms with E-state index < -0.39 is 27.9 Å². The summed E-state index contributed by atoms with van der Waals surface area (Å²) in [5, 5.41) is 2.74. The van der Waals surface area contributed by atoms with Gasteiger partial charge in [-0.1, -0.05) is 27.7 Å². The highest BCUT2D eigenvalue weighted by atomic mass is 32.2. The number of carbonyl (C=O) groups is 4. The minimum absolute atomic E-state index is 0.167. The number of imide groups is 1. The van der Waals surface area contributed by atoms with Crippen LogP contribution >= 0.6 is 23.5 Å². The molecule has 3 atom stereocenters. The molecule has 180 valence electrons. The minimum atomic E-state index is -0.852. The number of thioether (sulfide) groups is 2. The summed E-state index contributed by atoms with van der Waals surface area (Å²) in [6.45, 7) is 13.1. The first-order valence-electron chi connectivity index (χ1n) is 11.3. The van der Waals surface area contributed by atoms with Gasteiger partial charge in [0, 0.05) is 24.0 Å². The number of nitrogens with one attached hydrogen (secondary N) is 1. The van der Waals surface area contributed by atoms with E-state index in [9.17, 15) is 19.2 Å². The summed E-state index contributed by atoms with van der Waals surface area (Å²) in [6, 6.07) is -1.50. The van der Waals surface area contributed by atoms with E-state index in [-0.39, 0.29) is 35.6 Å². The fourth-order valence-corrected chi connectivity index (χ4v) is 8.05. The number of hydrogen-bond donors (Lipinski definition) is 1. The summed E-state index contributed by atoms with van der Waals surface area (Å²) in [5.74, 6) is 0.545. The third kappa shape index (κ3) is 4.49. The van der Waals surface area contributed by atoms with Gasteiger partial charge in [0.25, 0.3) is 5.91 Å². The standard InChI is InChI=1S/C22H35N3O5S2/c1-12(2)15(23-20(29)30-21(5,6)7)18(27)24-9-8-14-16(24)22(31-10-11-32-22)19(28)25(14)17(26)13(3)4/h12-16H,8-11H2,1-7H3,(H,23,29)/t14-,15-,16-/m0/s1. The average Bonchev–Trinajstić information content (AvgIpc) is 3.36. The summed E-state index contributed by atoms with van der Waals surface area (Å²) in [5.41, 5.74) is -0.676. The molecular formula is C22H35N3O5S2. The zero-order valence-corrected chi connectivity index (χ0v) is 21.6. The highest BCUT2D eigenvalue weighted by Crippen LogP contribution is 2.56. The lowest BCUT2D eigenvalue weighted by molar-refractivity contribution is -0.146. The van der Waals surface area contributed by atoms with Gasteiger partial charge < -0.3 is 15.0 Å². The lowest BCUT2D eigenvalue weighted by Gasteiger charge is -2.36. The predicted octanol–water partition coefficient (Wildman–Crippen LogP) is 2.71. The molecule has 0 aromatic heterocycles. The quantitative estimate of drug-likeness (QED) is 0.654. The number of alkyl carbamates (subject to hydrolysis) is 1. The van der Waals surface area contributed by atoms with Gasteiger partial charge in [-0.2, -0.15) is 0 Å².